The number of amides is 1. The van der Waals surface area contributed by atoms with Gasteiger partial charge in [-0.2, -0.15) is 5.10 Å². The quantitative estimate of drug-likeness (QED) is 0.838. The molecule has 0 aromatic carbocycles. The first-order valence-electron chi connectivity index (χ1n) is 6.71. The second-order valence-corrected chi connectivity index (χ2v) is 6.20. The summed E-state index contributed by atoms with van der Waals surface area (Å²) in [5, 5.41) is 4.17. The molecule has 0 aliphatic carbocycles. The number of halogens is 3. The Hall–Kier alpha value is -1.21. The molecule has 2 rings (SSSR count). The Balaban J connectivity index is 2.47. The van der Waals surface area contributed by atoms with Crippen LogP contribution in [0.5, 0.6) is 0 Å². The summed E-state index contributed by atoms with van der Waals surface area (Å²) < 4.78 is 29.2. The fourth-order valence-electron chi connectivity index (χ4n) is 2.28. The lowest BCUT2D eigenvalue weighted by molar-refractivity contribution is -0.0480. The molecule has 8 heteroatoms. The third-order valence-electron chi connectivity index (χ3n) is 3.50. The highest BCUT2D eigenvalue weighted by Gasteiger charge is 2.39. The Labute approximate surface area is 127 Å². The highest BCUT2D eigenvalue weighted by Crippen LogP contribution is 2.31. The third kappa shape index (κ3) is 3.18. The molecule has 21 heavy (non-hydrogen) atoms. The van der Waals surface area contributed by atoms with Crippen LogP contribution in [0.4, 0.5) is 8.78 Å². The van der Waals surface area contributed by atoms with Crippen molar-refractivity contribution in [2.24, 2.45) is 0 Å². The van der Waals surface area contributed by atoms with Crippen molar-refractivity contribution in [3.63, 3.8) is 0 Å². The fourth-order valence-corrected chi connectivity index (χ4v) is 2.56. The fraction of sp³-hybridized carbons (Fsp3) is 0.692. The van der Waals surface area contributed by atoms with Crippen LogP contribution in [0.25, 0.3) is 0 Å². The van der Waals surface area contributed by atoms with E-state index < -0.39 is 12.5 Å². The minimum absolute atomic E-state index is 0.0260. The van der Waals surface area contributed by atoms with Crippen LogP contribution in [-0.2, 0) is 13.1 Å². The minimum atomic E-state index is -2.91. The lowest BCUT2D eigenvalue weighted by Crippen LogP contribution is -2.40. The zero-order chi connectivity index (χ0) is 15.9. The van der Waals surface area contributed by atoms with Crippen molar-refractivity contribution < 1.29 is 13.6 Å². The molecule has 0 radical (unpaired) electrons. The van der Waals surface area contributed by atoms with Crippen LogP contribution in [0.2, 0.25) is 5.02 Å². The SMILES string of the molecule is CC(C)N1Cc2c(Cl)c(C(=O)N(C)C)nn2CC(F)(F)C1. The summed E-state index contributed by atoms with van der Waals surface area (Å²) in [6.45, 7) is 3.04. The van der Waals surface area contributed by atoms with Gasteiger partial charge in [-0.15, -0.1) is 0 Å². The lowest BCUT2D eigenvalue weighted by atomic mass is 10.2. The van der Waals surface area contributed by atoms with Crippen molar-refractivity contribution in [1.82, 2.24) is 19.6 Å². The van der Waals surface area contributed by atoms with E-state index >= 15 is 0 Å². The molecule has 0 atom stereocenters. The molecule has 1 aromatic rings. The van der Waals surface area contributed by atoms with Crippen molar-refractivity contribution in [1.29, 1.82) is 0 Å². The molecule has 1 amide bonds. The number of carbonyl (C=O) groups is 1. The van der Waals surface area contributed by atoms with Crippen molar-refractivity contribution in [3.05, 3.63) is 16.4 Å². The van der Waals surface area contributed by atoms with Crippen LogP contribution in [0.15, 0.2) is 0 Å². The van der Waals surface area contributed by atoms with Gasteiger partial charge in [-0.3, -0.25) is 14.4 Å². The molecule has 0 saturated heterocycles. The summed E-state index contributed by atoms with van der Waals surface area (Å²) in [7, 11) is 3.14. The summed E-state index contributed by atoms with van der Waals surface area (Å²) in [5.74, 6) is -3.30. The van der Waals surface area contributed by atoms with E-state index in [1.54, 1.807) is 19.0 Å². The highest BCUT2D eigenvalue weighted by atomic mass is 35.5. The maximum Gasteiger partial charge on any atom is 0.279 e. The van der Waals surface area contributed by atoms with E-state index in [-0.39, 0.29) is 35.8 Å². The summed E-state index contributed by atoms with van der Waals surface area (Å²) in [6, 6.07) is -0.0543. The van der Waals surface area contributed by atoms with Crippen LogP contribution in [0, 0.1) is 0 Å². The van der Waals surface area contributed by atoms with Gasteiger partial charge in [0.05, 0.1) is 17.3 Å². The Morgan fingerprint density at radius 2 is 2.00 bits per heavy atom. The van der Waals surface area contributed by atoms with Gasteiger partial charge in [-0.25, -0.2) is 8.78 Å². The summed E-state index contributed by atoms with van der Waals surface area (Å²) in [5.41, 5.74) is 0.491. The van der Waals surface area contributed by atoms with Gasteiger partial charge in [0.2, 0.25) is 0 Å². The topological polar surface area (TPSA) is 41.4 Å². The standard InChI is InChI=1S/C13H19ClF2N4O/c1-8(2)19-5-9-10(14)11(12(21)18(3)4)17-20(9)7-13(15,16)6-19/h8H,5-7H2,1-4H3. The van der Waals surface area contributed by atoms with Gasteiger partial charge in [0.1, 0.15) is 6.54 Å². The van der Waals surface area contributed by atoms with E-state index in [0.717, 1.165) is 0 Å². The Morgan fingerprint density at radius 1 is 1.38 bits per heavy atom. The van der Waals surface area contributed by atoms with Crippen LogP contribution >= 0.6 is 11.6 Å². The second-order valence-electron chi connectivity index (χ2n) is 5.82. The van der Waals surface area contributed by atoms with Gasteiger partial charge in [0.15, 0.2) is 5.69 Å². The molecule has 5 nitrogen and oxygen atoms in total. The maximum absolute atomic E-state index is 14.0. The predicted octanol–water partition coefficient (Wildman–Crippen LogP) is 2.10. The zero-order valence-electron chi connectivity index (χ0n) is 12.5. The average Bonchev–Trinajstić information content (AvgIpc) is 2.56. The van der Waals surface area contributed by atoms with Gasteiger partial charge in [-0.05, 0) is 13.8 Å². The molecule has 1 aromatic heterocycles. The Bertz CT molecular complexity index is 557. The van der Waals surface area contributed by atoms with Crippen molar-refractivity contribution in [3.8, 4) is 0 Å². The number of carbonyl (C=O) groups excluding carboxylic acids is 1. The lowest BCUT2D eigenvalue weighted by Gasteiger charge is -2.27. The van der Waals surface area contributed by atoms with Gasteiger partial charge in [0.25, 0.3) is 11.8 Å². The van der Waals surface area contributed by atoms with E-state index in [4.69, 9.17) is 11.6 Å². The van der Waals surface area contributed by atoms with E-state index in [2.05, 4.69) is 5.10 Å². The van der Waals surface area contributed by atoms with Gasteiger partial charge < -0.3 is 4.90 Å². The number of aromatic nitrogens is 2. The predicted molar refractivity (Wildman–Crippen MR) is 75.7 cm³/mol. The highest BCUT2D eigenvalue weighted by molar-refractivity contribution is 6.34. The minimum Gasteiger partial charge on any atom is -0.343 e. The van der Waals surface area contributed by atoms with E-state index in [1.807, 2.05) is 13.8 Å². The molecule has 0 saturated carbocycles. The molecule has 118 valence electrons. The molecule has 0 fully saturated rings. The molecule has 0 bridgehead atoms. The number of rotatable bonds is 2. The largest absolute Gasteiger partial charge is 0.343 e. The number of fused-ring (bicyclic) bond motifs is 1. The smallest absolute Gasteiger partial charge is 0.279 e. The van der Waals surface area contributed by atoms with E-state index in [9.17, 15) is 13.6 Å². The summed E-state index contributed by atoms with van der Waals surface area (Å²) >= 11 is 6.21. The summed E-state index contributed by atoms with van der Waals surface area (Å²) in [4.78, 5) is 15.0. The Morgan fingerprint density at radius 3 is 2.52 bits per heavy atom. The van der Waals surface area contributed by atoms with Crippen LogP contribution in [0.1, 0.15) is 30.0 Å². The van der Waals surface area contributed by atoms with E-state index in [0.29, 0.717) is 5.69 Å². The molecule has 1 aliphatic rings. The van der Waals surface area contributed by atoms with Crippen LogP contribution in [0.3, 0.4) is 0 Å². The molecular formula is C13H19ClF2N4O. The van der Waals surface area contributed by atoms with Crippen molar-refractivity contribution >= 4 is 17.5 Å². The molecule has 1 aliphatic heterocycles. The van der Waals surface area contributed by atoms with Crippen molar-refractivity contribution in [2.75, 3.05) is 20.6 Å². The molecule has 0 spiro atoms. The van der Waals surface area contributed by atoms with Gasteiger partial charge >= 0.3 is 0 Å². The Kier molecular flexibility index (Phi) is 4.26. The third-order valence-corrected chi connectivity index (χ3v) is 3.90. The first-order chi connectivity index (χ1) is 9.62. The van der Waals surface area contributed by atoms with Gasteiger partial charge in [0, 0.05) is 26.7 Å². The van der Waals surface area contributed by atoms with Gasteiger partial charge in [-0.1, -0.05) is 11.6 Å². The molecule has 0 unspecified atom stereocenters. The normalized spacial score (nSPS) is 18.5. The summed E-state index contributed by atoms with van der Waals surface area (Å²) in [6.07, 6.45) is 0. The zero-order valence-corrected chi connectivity index (χ0v) is 13.3. The number of hydrogen-bond donors (Lipinski definition) is 0. The number of hydrogen-bond acceptors (Lipinski definition) is 3. The first-order valence-corrected chi connectivity index (χ1v) is 7.09. The first kappa shape index (κ1) is 16.2. The number of nitrogens with zero attached hydrogens (tertiary/aromatic N) is 4. The van der Waals surface area contributed by atoms with Crippen LogP contribution in [-0.4, -0.2) is 58.1 Å². The van der Waals surface area contributed by atoms with Crippen LogP contribution < -0.4 is 0 Å². The number of alkyl halides is 2. The van der Waals surface area contributed by atoms with E-state index in [1.165, 1.54) is 9.58 Å². The maximum atomic E-state index is 14.0. The second kappa shape index (κ2) is 5.53. The molecule has 0 N–H and O–H groups in total. The van der Waals surface area contributed by atoms with Crippen molar-refractivity contribution in [2.45, 2.75) is 38.9 Å². The molecular weight excluding hydrogens is 302 g/mol. The molecule has 2 heterocycles. The average molecular weight is 321 g/mol. The monoisotopic (exact) mass is 320 g/mol.